The zero-order chi connectivity index (χ0) is 24.8. The van der Waals surface area contributed by atoms with Gasteiger partial charge in [0.15, 0.2) is 6.10 Å². The van der Waals surface area contributed by atoms with Gasteiger partial charge in [0.2, 0.25) is 5.91 Å². The van der Waals surface area contributed by atoms with Gasteiger partial charge in [-0.25, -0.2) is 5.48 Å². The number of carbonyl (C=O) groups is 2. The summed E-state index contributed by atoms with van der Waals surface area (Å²) >= 11 is 0. The second-order valence-corrected chi connectivity index (χ2v) is 8.68. The lowest BCUT2D eigenvalue weighted by molar-refractivity contribution is -0.153. The zero-order valence-electron chi connectivity index (χ0n) is 19.6. The molecule has 0 radical (unpaired) electrons. The highest BCUT2D eigenvalue weighted by molar-refractivity contribution is 5.86. The SMILES string of the molecule is Cl.N[C@@H](Cc1ccc(O)cc1)C(=O)N1Cc2ccccc2CC1C(OCc1ccccc1)C(=O)NO. The number of halogens is 1. The van der Waals surface area contributed by atoms with E-state index in [0.717, 1.165) is 22.3 Å². The molecular weight excluding hydrogens is 482 g/mol. The van der Waals surface area contributed by atoms with Gasteiger partial charge in [0, 0.05) is 6.54 Å². The zero-order valence-corrected chi connectivity index (χ0v) is 20.4. The number of benzene rings is 3. The Morgan fingerprint density at radius 2 is 1.61 bits per heavy atom. The van der Waals surface area contributed by atoms with Gasteiger partial charge in [-0.15, -0.1) is 12.4 Å². The number of fused-ring (bicyclic) bond motifs is 1. The smallest absolute Gasteiger partial charge is 0.274 e. The Kier molecular flexibility index (Phi) is 9.44. The Bertz CT molecular complexity index is 1160. The van der Waals surface area contributed by atoms with Crippen molar-refractivity contribution in [2.75, 3.05) is 0 Å². The van der Waals surface area contributed by atoms with E-state index in [9.17, 15) is 19.9 Å². The number of hydrogen-bond donors (Lipinski definition) is 4. The molecule has 0 saturated heterocycles. The lowest BCUT2D eigenvalue weighted by atomic mass is 9.89. The summed E-state index contributed by atoms with van der Waals surface area (Å²) < 4.78 is 5.99. The molecule has 1 aliphatic heterocycles. The monoisotopic (exact) mass is 511 g/mol. The van der Waals surface area contributed by atoms with E-state index in [1.54, 1.807) is 34.6 Å². The van der Waals surface area contributed by atoms with Crippen LogP contribution < -0.4 is 11.2 Å². The largest absolute Gasteiger partial charge is 0.508 e. The van der Waals surface area contributed by atoms with E-state index in [4.69, 9.17) is 10.5 Å². The second-order valence-electron chi connectivity index (χ2n) is 8.68. The summed E-state index contributed by atoms with van der Waals surface area (Å²) in [6, 6.07) is 22.1. The quantitative estimate of drug-likeness (QED) is 0.272. The van der Waals surface area contributed by atoms with Crippen LogP contribution in [0.2, 0.25) is 0 Å². The first kappa shape index (κ1) is 27.2. The fraction of sp³-hybridized carbons (Fsp3) is 0.259. The molecule has 190 valence electrons. The molecule has 3 aromatic rings. The van der Waals surface area contributed by atoms with Crippen LogP contribution in [0.3, 0.4) is 0 Å². The van der Waals surface area contributed by atoms with Crippen molar-refractivity contribution in [2.45, 2.75) is 44.2 Å². The van der Waals surface area contributed by atoms with E-state index >= 15 is 0 Å². The van der Waals surface area contributed by atoms with E-state index in [1.165, 1.54) is 0 Å². The summed E-state index contributed by atoms with van der Waals surface area (Å²) in [5.41, 5.74) is 11.7. The minimum Gasteiger partial charge on any atom is -0.508 e. The number of ether oxygens (including phenoxy) is 1. The third kappa shape index (κ3) is 6.41. The lowest BCUT2D eigenvalue weighted by Gasteiger charge is -2.41. The van der Waals surface area contributed by atoms with Gasteiger partial charge in [0.05, 0.1) is 18.7 Å². The second kappa shape index (κ2) is 12.5. The van der Waals surface area contributed by atoms with Crippen LogP contribution in [-0.2, 0) is 40.3 Å². The average molecular weight is 512 g/mol. The van der Waals surface area contributed by atoms with Crippen molar-refractivity contribution >= 4 is 24.2 Å². The topological polar surface area (TPSA) is 125 Å². The standard InChI is InChI=1S/C27H29N3O5.ClH/c28-23(14-18-10-12-22(31)13-11-18)27(33)30-16-21-9-5-4-8-20(21)15-24(30)25(26(32)29-34)35-17-19-6-2-1-3-7-19;/h1-13,23-25,31,34H,14-17,28H2,(H,29,32);1H/t23-,24?,25?;/m0./s1. The fourth-order valence-electron chi connectivity index (χ4n) is 4.43. The molecule has 0 aliphatic carbocycles. The maximum Gasteiger partial charge on any atom is 0.274 e. The van der Waals surface area contributed by atoms with Crippen molar-refractivity contribution in [1.29, 1.82) is 0 Å². The number of hydrogen-bond acceptors (Lipinski definition) is 6. The van der Waals surface area contributed by atoms with Gasteiger partial charge < -0.3 is 20.5 Å². The van der Waals surface area contributed by atoms with E-state index < -0.39 is 24.1 Å². The predicted molar refractivity (Wildman–Crippen MR) is 136 cm³/mol. The lowest BCUT2D eigenvalue weighted by Crippen LogP contribution is -2.59. The molecule has 1 heterocycles. The average Bonchev–Trinajstić information content (AvgIpc) is 2.89. The first-order chi connectivity index (χ1) is 17.0. The number of phenols is 1. The molecule has 3 aromatic carbocycles. The van der Waals surface area contributed by atoms with Gasteiger partial charge in [-0.3, -0.25) is 14.8 Å². The first-order valence-electron chi connectivity index (χ1n) is 11.5. The number of amides is 2. The Morgan fingerprint density at radius 1 is 0.972 bits per heavy atom. The third-order valence-electron chi connectivity index (χ3n) is 6.27. The van der Waals surface area contributed by atoms with Gasteiger partial charge >= 0.3 is 0 Å². The molecule has 1 aliphatic rings. The summed E-state index contributed by atoms with van der Waals surface area (Å²) in [4.78, 5) is 27.9. The summed E-state index contributed by atoms with van der Waals surface area (Å²) in [5, 5.41) is 19.0. The van der Waals surface area contributed by atoms with Crippen LogP contribution in [0.1, 0.15) is 22.3 Å². The number of nitrogens with zero attached hydrogens (tertiary/aromatic N) is 1. The van der Waals surface area contributed by atoms with Crippen molar-refractivity contribution < 1.29 is 24.6 Å². The number of phenolic OH excluding ortho intramolecular Hbond substituents is 1. The molecule has 36 heavy (non-hydrogen) atoms. The summed E-state index contributed by atoms with van der Waals surface area (Å²) in [5.74, 6) is -0.915. The number of aromatic hydroxyl groups is 1. The minimum atomic E-state index is -1.11. The molecule has 4 rings (SSSR count). The maximum atomic E-state index is 13.6. The highest BCUT2D eigenvalue weighted by atomic mass is 35.5. The highest BCUT2D eigenvalue weighted by Gasteiger charge is 2.40. The van der Waals surface area contributed by atoms with Gasteiger partial charge in [-0.05, 0) is 47.2 Å². The van der Waals surface area contributed by atoms with Crippen molar-refractivity contribution in [3.63, 3.8) is 0 Å². The number of nitrogens with two attached hydrogens (primary N) is 1. The van der Waals surface area contributed by atoms with E-state index in [-0.39, 0.29) is 43.6 Å². The molecular formula is C27H30ClN3O5. The normalized spacial score (nSPS) is 16.3. The number of rotatable bonds is 8. The molecule has 0 saturated carbocycles. The fourth-order valence-corrected chi connectivity index (χ4v) is 4.43. The molecule has 9 heteroatoms. The van der Waals surface area contributed by atoms with Crippen LogP contribution >= 0.6 is 12.4 Å². The van der Waals surface area contributed by atoms with Gasteiger partial charge in [-0.2, -0.15) is 0 Å². The molecule has 2 unspecified atom stereocenters. The molecule has 2 amide bonds. The van der Waals surface area contributed by atoms with Crippen molar-refractivity contribution in [2.24, 2.45) is 5.73 Å². The van der Waals surface area contributed by atoms with Crippen LogP contribution in [0, 0.1) is 0 Å². The van der Waals surface area contributed by atoms with Crippen LogP contribution in [0.15, 0.2) is 78.9 Å². The minimum absolute atomic E-state index is 0. The number of hydroxylamine groups is 1. The van der Waals surface area contributed by atoms with E-state index in [2.05, 4.69) is 0 Å². The number of nitrogens with one attached hydrogen (secondary N) is 1. The molecule has 8 nitrogen and oxygen atoms in total. The molecule has 5 N–H and O–H groups in total. The number of carbonyl (C=O) groups excluding carboxylic acids is 2. The van der Waals surface area contributed by atoms with E-state index in [1.807, 2.05) is 54.6 Å². The molecule has 3 atom stereocenters. The van der Waals surface area contributed by atoms with Gasteiger partial charge in [0.1, 0.15) is 5.75 Å². The van der Waals surface area contributed by atoms with Crippen LogP contribution in [-0.4, -0.2) is 45.2 Å². The summed E-state index contributed by atoms with van der Waals surface area (Å²) in [6.45, 7) is 0.408. The Balaban J connectivity index is 0.00000361. The van der Waals surface area contributed by atoms with Crippen LogP contribution in [0.25, 0.3) is 0 Å². The Morgan fingerprint density at radius 3 is 2.28 bits per heavy atom. The van der Waals surface area contributed by atoms with Crippen LogP contribution in [0.5, 0.6) is 5.75 Å². The van der Waals surface area contributed by atoms with Crippen molar-refractivity contribution in [3.8, 4) is 5.75 Å². The van der Waals surface area contributed by atoms with Gasteiger partial charge in [0.25, 0.3) is 5.91 Å². The summed E-state index contributed by atoms with van der Waals surface area (Å²) in [7, 11) is 0. The third-order valence-corrected chi connectivity index (χ3v) is 6.27. The first-order valence-corrected chi connectivity index (χ1v) is 11.5. The van der Waals surface area contributed by atoms with Crippen molar-refractivity contribution in [3.05, 3.63) is 101 Å². The Labute approximate surface area is 216 Å². The maximum absolute atomic E-state index is 13.6. The van der Waals surface area contributed by atoms with E-state index in [0.29, 0.717) is 6.42 Å². The summed E-state index contributed by atoms with van der Waals surface area (Å²) in [6.07, 6.45) is -0.467. The Hall–Kier alpha value is -3.43. The molecule has 0 fully saturated rings. The van der Waals surface area contributed by atoms with Crippen molar-refractivity contribution in [1.82, 2.24) is 10.4 Å². The van der Waals surface area contributed by atoms with Gasteiger partial charge in [-0.1, -0.05) is 66.7 Å². The molecule has 0 spiro atoms. The van der Waals surface area contributed by atoms with Crippen LogP contribution in [0.4, 0.5) is 0 Å². The molecule has 0 aromatic heterocycles. The molecule has 0 bridgehead atoms. The predicted octanol–water partition coefficient (Wildman–Crippen LogP) is 2.73. The highest BCUT2D eigenvalue weighted by Crippen LogP contribution is 2.28.